The molecule has 1 nitrogen and oxygen atoms in total. The van der Waals surface area contributed by atoms with Crippen LogP contribution in [0.25, 0.3) is 0 Å². The summed E-state index contributed by atoms with van der Waals surface area (Å²) < 4.78 is 0. The Balaban J connectivity index is 2.46. The van der Waals surface area contributed by atoms with Crippen LogP contribution in [0.4, 0.5) is 0 Å². The SMILES string of the molecule is CCC(C)(C)c1ccc2c(c1)[C@@H](O)CCC2C. The van der Waals surface area contributed by atoms with Crippen LogP contribution in [0.5, 0.6) is 0 Å². The summed E-state index contributed by atoms with van der Waals surface area (Å²) in [6.07, 6.45) is 2.88. The van der Waals surface area contributed by atoms with E-state index < -0.39 is 0 Å². The molecule has 0 amide bonds. The predicted molar refractivity (Wildman–Crippen MR) is 72.4 cm³/mol. The van der Waals surface area contributed by atoms with E-state index in [2.05, 4.69) is 45.9 Å². The molecule has 17 heavy (non-hydrogen) atoms. The topological polar surface area (TPSA) is 20.2 Å². The van der Waals surface area contributed by atoms with Crippen molar-refractivity contribution in [1.82, 2.24) is 0 Å². The normalized spacial score (nSPS) is 24.5. The highest BCUT2D eigenvalue weighted by atomic mass is 16.3. The third-order valence-corrected chi connectivity index (χ3v) is 4.52. The molecule has 0 saturated carbocycles. The molecule has 0 aliphatic heterocycles. The third kappa shape index (κ3) is 2.26. The van der Waals surface area contributed by atoms with E-state index >= 15 is 0 Å². The summed E-state index contributed by atoms with van der Waals surface area (Å²) in [4.78, 5) is 0. The van der Waals surface area contributed by atoms with E-state index in [1.165, 1.54) is 16.7 Å². The fourth-order valence-corrected chi connectivity index (χ4v) is 2.66. The maximum Gasteiger partial charge on any atom is 0.0793 e. The van der Waals surface area contributed by atoms with E-state index in [4.69, 9.17) is 0 Å². The molecule has 1 unspecified atom stereocenters. The van der Waals surface area contributed by atoms with Crippen molar-refractivity contribution < 1.29 is 5.11 Å². The molecule has 94 valence electrons. The number of hydrogen-bond donors (Lipinski definition) is 1. The Labute approximate surface area is 105 Å². The Morgan fingerprint density at radius 3 is 2.59 bits per heavy atom. The van der Waals surface area contributed by atoms with Gasteiger partial charge in [0.05, 0.1) is 6.10 Å². The summed E-state index contributed by atoms with van der Waals surface area (Å²) in [7, 11) is 0. The second-order valence-corrected chi connectivity index (χ2v) is 6.08. The Morgan fingerprint density at radius 1 is 1.24 bits per heavy atom. The van der Waals surface area contributed by atoms with Gasteiger partial charge in [0.15, 0.2) is 0 Å². The molecule has 0 aromatic heterocycles. The fraction of sp³-hybridized carbons (Fsp3) is 0.625. The number of hydrogen-bond acceptors (Lipinski definition) is 1. The molecule has 2 rings (SSSR count). The zero-order chi connectivity index (χ0) is 12.6. The first kappa shape index (κ1) is 12.6. The van der Waals surface area contributed by atoms with Crippen LogP contribution in [0, 0.1) is 0 Å². The highest BCUT2D eigenvalue weighted by molar-refractivity contribution is 5.40. The summed E-state index contributed by atoms with van der Waals surface area (Å²) in [6, 6.07) is 6.71. The van der Waals surface area contributed by atoms with Gasteiger partial charge in [-0.3, -0.25) is 0 Å². The summed E-state index contributed by atoms with van der Waals surface area (Å²) in [6.45, 7) is 9.02. The largest absolute Gasteiger partial charge is 0.388 e. The second kappa shape index (κ2) is 4.45. The molecular formula is C16H24O. The Bertz CT molecular complexity index is 406. The lowest BCUT2D eigenvalue weighted by Crippen LogP contribution is -2.19. The van der Waals surface area contributed by atoms with E-state index in [1.807, 2.05) is 0 Å². The van der Waals surface area contributed by atoms with Gasteiger partial charge in [-0.1, -0.05) is 45.9 Å². The Morgan fingerprint density at radius 2 is 1.94 bits per heavy atom. The average Bonchev–Trinajstić information content (AvgIpc) is 2.33. The number of aliphatic hydroxyl groups excluding tert-OH is 1. The van der Waals surface area contributed by atoms with Crippen molar-refractivity contribution >= 4 is 0 Å². The van der Waals surface area contributed by atoms with Gasteiger partial charge in [0.25, 0.3) is 0 Å². The van der Waals surface area contributed by atoms with Crippen LogP contribution in [0.2, 0.25) is 0 Å². The van der Waals surface area contributed by atoms with Gasteiger partial charge >= 0.3 is 0 Å². The van der Waals surface area contributed by atoms with E-state index in [9.17, 15) is 5.11 Å². The molecule has 1 aromatic carbocycles. The lowest BCUT2D eigenvalue weighted by Gasteiger charge is -2.30. The molecule has 1 heteroatoms. The van der Waals surface area contributed by atoms with Gasteiger partial charge in [0.2, 0.25) is 0 Å². The smallest absolute Gasteiger partial charge is 0.0793 e. The van der Waals surface area contributed by atoms with Crippen molar-refractivity contribution in [3.8, 4) is 0 Å². The van der Waals surface area contributed by atoms with Crippen molar-refractivity contribution in [2.24, 2.45) is 0 Å². The van der Waals surface area contributed by atoms with Crippen molar-refractivity contribution in [1.29, 1.82) is 0 Å². The van der Waals surface area contributed by atoms with Crippen LogP contribution in [0.1, 0.15) is 75.7 Å². The van der Waals surface area contributed by atoms with Crippen LogP contribution < -0.4 is 0 Å². The molecule has 0 saturated heterocycles. The monoisotopic (exact) mass is 232 g/mol. The van der Waals surface area contributed by atoms with Gasteiger partial charge in [-0.25, -0.2) is 0 Å². The van der Waals surface area contributed by atoms with Gasteiger partial charge in [-0.15, -0.1) is 0 Å². The molecule has 1 aromatic rings. The molecule has 0 radical (unpaired) electrons. The number of aliphatic hydroxyl groups is 1. The first-order valence-electron chi connectivity index (χ1n) is 6.78. The molecule has 0 spiro atoms. The molecular weight excluding hydrogens is 208 g/mol. The summed E-state index contributed by atoms with van der Waals surface area (Å²) in [5.41, 5.74) is 4.07. The first-order valence-corrected chi connectivity index (χ1v) is 6.78. The van der Waals surface area contributed by atoms with Crippen molar-refractivity contribution in [3.63, 3.8) is 0 Å². The van der Waals surface area contributed by atoms with Crippen LogP contribution in [-0.2, 0) is 5.41 Å². The maximum atomic E-state index is 10.1. The zero-order valence-corrected chi connectivity index (χ0v) is 11.5. The molecule has 1 aliphatic carbocycles. The standard InChI is InChI=1S/C16H24O/c1-5-16(3,4)12-7-8-13-11(2)6-9-15(17)14(13)10-12/h7-8,10-11,15,17H,5-6,9H2,1-4H3/t11?,15-/m0/s1. The third-order valence-electron chi connectivity index (χ3n) is 4.52. The van der Waals surface area contributed by atoms with Crippen LogP contribution in [0.15, 0.2) is 18.2 Å². The first-order chi connectivity index (χ1) is 7.95. The van der Waals surface area contributed by atoms with E-state index in [-0.39, 0.29) is 11.5 Å². The summed E-state index contributed by atoms with van der Waals surface area (Å²) >= 11 is 0. The minimum absolute atomic E-state index is 0.204. The van der Waals surface area contributed by atoms with Gasteiger partial charge in [-0.05, 0) is 47.3 Å². The van der Waals surface area contributed by atoms with Crippen LogP contribution in [-0.4, -0.2) is 5.11 Å². The van der Waals surface area contributed by atoms with Crippen molar-refractivity contribution in [2.45, 2.75) is 64.4 Å². The Hall–Kier alpha value is -0.820. The second-order valence-electron chi connectivity index (χ2n) is 6.08. The van der Waals surface area contributed by atoms with Gasteiger partial charge in [0.1, 0.15) is 0 Å². The van der Waals surface area contributed by atoms with Crippen molar-refractivity contribution in [2.75, 3.05) is 0 Å². The van der Waals surface area contributed by atoms with Crippen LogP contribution >= 0.6 is 0 Å². The molecule has 2 atom stereocenters. The maximum absolute atomic E-state index is 10.1. The number of benzene rings is 1. The number of fused-ring (bicyclic) bond motifs is 1. The van der Waals surface area contributed by atoms with Gasteiger partial charge < -0.3 is 5.11 Å². The lowest BCUT2D eigenvalue weighted by atomic mass is 9.76. The van der Waals surface area contributed by atoms with E-state index in [0.717, 1.165) is 19.3 Å². The van der Waals surface area contributed by atoms with Crippen molar-refractivity contribution in [3.05, 3.63) is 34.9 Å². The van der Waals surface area contributed by atoms with E-state index in [1.54, 1.807) is 0 Å². The van der Waals surface area contributed by atoms with Gasteiger partial charge in [0, 0.05) is 0 Å². The highest BCUT2D eigenvalue weighted by Gasteiger charge is 2.26. The minimum Gasteiger partial charge on any atom is -0.388 e. The van der Waals surface area contributed by atoms with E-state index in [0.29, 0.717) is 5.92 Å². The highest BCUT2D eigenvalue weighted by Crippen LogP contribution is 2.39. The zero-order valence-electron chi connectivity index (χ0n) is 11.5. The molecule has 0 fully saturated rings. The average molecular weight is 232 g/mol. The fourth-order valence-electron chi connectivity index (χ4n) is 2.66. The predicted octanol–water partition coefficient (Wildman–Crippen LogP) is 4.30. The quantitative estimate of drug-likeness (QED) is 0.805. The van der Waals surface area contributed by atoms with Crippen LogP contribution in [0.3, 0.4) is 0 Å². The molecule has 0 bridgehead atoms. The summed E-state index contributed by atoms with van der Waals surface area (Å²) in [5.74, 6) is 0.590. The summed E-state index contributed by atoms with van der Waals surface area (Å²) in [5, 5.41) is 10.1. The minimum atomic E-state index is -0.256. The lowest BCUT2D eigenvalue weighted by molar-refractivity contribution is 0.151. The molecule has 1 N–H and O–H groups in total. The molecule has 1 aliphatic rings. The Kier molecular flexibility index (Phi) is 3.31. The van der Waals surface area contributed by atoms with Gasteiger partial charge in [-0.2, -0.15) is 0 Å². The molecule has 0 heterocycles. The number of rotatable bonds is 2.